The molecule has 1 N–H and O–H groups in total. The Morgan fingerprint density at radius 2 is 2.50 bits per heavy atom. The van der Waals surface area contributed by atoms with E-state index in [1.807, 2.05) is 0 Å². The van der Waals surface area contributed by atoms with Gasteiger partial charge in [-0.1, -0.05) is 0 Å². The molecule has 0 saturated carbocycles. The van der Waals surface area contributed by atoms with Crippen LogP contribution in [0, 0.1) is 11.3 Å². The van der Waals surface area contributed by atoms with E-state index in [0.717, 1.165) is 32.7 Å². The van der Waals surface area contributed by atoms with Crippen molar-refractivity contribution in [1.29, 1.82) is 0 Å². The van der Waals surface area contributed by atoms with E-state index in [2.05, 4.69) is 5.32 Å². The monoisotopic (exact) mass is 169 g/mol. The van der Waals surface area contributed by atoms with Crippen molar-refractivity contribution in [3.8, 4) is 0 Å². The largest absolute Gasteiger partial charge is 0.381 e. The van der Waals surface area contributed by atoms with Crippen LogP contribution >= 0.6 is 0 Å². The summed E-state index contributed by atoms with van der Waals surface area (Å²) < 4.78 is 5.37. The van der Waals surface area contributed by atoms with Crippen molar-refractivity contribution in [3.63, 3.8) is 0 Å². The quantitative estimate of drug-likeness (QED) is 0.609. The first-order chi connectivity index (χ1) is 5.76. The third-order valence-corrected chi connectivity index (χ3v) is 3.33. The molecule has 12 heavy (non-hydrogen) atoms. The summed E-state index contributed by atoms with van der Waals surface area (Å²) in [6.45, 7) is 5.02. The molecule has 3 nitrogen and oxygen atoms in total. The second kappa shape index (κ2) is 2.82. The van der Waals surface area contributed by atoms with Crippen molar-refractivity contribution in [2.75, 3.05) is 26.3 Å². The normalized spacial score (nSPS) is 40.9. The Labute approximate surface area is 72.5 Å². The van der Waals surface area contributed by atoms with Crippen LogP contribution in [0.4, 0.5) is 0 Å². The number of Topliss-reactive ketones (excluding diaryl/α,β-unsaturated/α-hetero) is 1. The fraction of sp³-hybridized carbons (Fsp3) is 0.889. The number of hydrogen-bond donors (Lipinski definition) is 1. The van der Waals surface area contributed by atoms with Crippen LogP contribution in [0.15, 0.2) is 0 Å². The minimum Gasteiger partial charge on any atom is -0.381 e. The third kappa shape index (κ3) is 1.00. The molecule has 2 heterocycles. The Morgan fingerprint density at radius 3 is 3.17 bits per heavy atom. The van der Waals surface area contributed by atoms with Crippen LogP contribution in [0.2, 0.25) is 0 Å². The van der Waals surface area contributed by atoms with Gasteiger partial charge in [0, 0.05) is 31.0 Å². The molecule has 0 spiro atoms. The number of carbonyl (C=O) groups excluding carboxylic acids is 1. The number of rotatable bonds is 1. The standard InChI is InChI=1S/C9H15NO2/c1-7(11)9-2-3-12-5-8(9)4-10-6-9/h8,10H,2-6H2,1H3. The molecule has 0 aromatic rings. The first kappa shape index (κ1) is 8.20. The summed E-state index contributed by atoms with van der Waals surface area (Å²) in [5.74, 6) is 0.754. The molecule has 0 aliphatic carbocycles. The molecule has 2 unspecified atom stereocenters. The highest BCUT2D eigenvalue weighted by Gasteiger charge is 2.48. The molecule has 68 valence electrons. The molecule has 0 aromatic carbocycles. The Bertz CT molecular complexity index is 205. The van der Waals surface area contributed by atoms with E-state index >= 15 is 0 Å². The van der Waals surface area contributed by atoms with Gasteiger partial charge in [0.1, 0.15) is 5.78 Å². The number of hydrogen-bond acceptors (Lipinski definition) is 3. The van der Waals surface area contributed by atoms with Gasteiger partial charge in [0.15, 0.2) is 0 Å². The summed E-state index contributed by atoms with van der Waals surface area (Å²) in [5, 5.41) is 3.29. The fourth-order valence-electron chi connectivity index (χ4n) is 2.39. The summed E-state index contributed by atoms with van der Waals surface area (Å²) in [4.78, 5) is 11.5. The molecule has 0 bridgehead atoms. The van der Waals surface area contributed by atoms with Gasteiger partial charge in [0.05, 0.1) is 6.61 Å². The summed E-state index contributed by atoms with van der Waals surface area (Å²) >= 11 is 0. The molecular weight excluding hydrogens is 154 g/mol. The first-order valence-corrected chi connectivity index (χ1v) is 4.55. The second-order valence-electron chi connectivity index (χ2n) is 3.87. The maximum absolute atomic E-state index is 11.5. The van der Waals surface area contributed by atoms with Crippen LogP contribution in [-0.2, 0) is 9.53 Å². The van der Waals surface area contributed by atoms with E-state index < -0.39 is 0 Å². The molecule has 2 fully saturated rings. The van der Waals surface area contributed by atoms with Gasteiger partial charge in [-0.05, 0) is 13.3 Å². The van der Waals surface area contributed by atoms with Crippen molar-refractivity contribution < 1.29 is 9.53 Å². The van der Waals surface area contributed by atoms with Gasteiger partial charge in [-0.2, -0.15) is 0 Å². The Kier molecular flexibility index (Phi) is 1.93. The van der Waals surface area contributed by atoms with E-state index in [4.69, 9.17) is 4.74 Å². The highest BCUT2D eigenvalue weighted by molar-refractivity contribution is 5.83. The van der Waals surface area contributed by atoms with E-state index in [-0.39, 0.29) is 5.41 Å². The van der Waals surface area contributed by atoms with Gasteiger partial charge in [-0.25, -0.2) is 0 Å². The van der Waals surface area contributed by atoms with Crippen molar-refractivity contribution in [3.05, 3.63) is 0 Å². The van der Waals surface area contributed by atoms with Crippen LogP contribution in [0.1, 0.15) is 13.3 Å². The topological polar surface area (TPSA) is 38.3 Å². The van der Waals surface area contributed by atoms with Gasteiger partial charge < -0.3 is 10.1 Å². The van der Waals surface area contributed by atoms with Gasteiger partial charge in [0.2, 0.25) is 0 Å². The zero-order valence-electron chi connectivity index (χ0n) is 7.43. The summed E-state index contributed by atoms with van der Waals surface area (Å²) in [6.07, 6.45) is 0.903. The van der Waals surface area contributed by atoms with Crippen molar-refractivity contribution in [2.24, 2.45) is 11.3 Å². The van der Waals surface area contributed by atoms with Crippen molar-refractivity contribution in [1.82, 2.24) is 5.32 Å². The molecule has 2 rings (SSSR count). The van der Waals surface area contributed by atoms with Gasteiger partial charge >= 0.3 is 0 Å². The zero-order valence-corrected chi connectivity index (χ0v) is 7.43. The molecule has 0 amide bonds. The zero-order chi connectivity index (χ0) is 8.60. The maximum atomic E-state index is 11.5. The number of ketones is 1. The lowest BCUT2D eigenvalue weighted by molar-refractivity contribution is -0.134. The first-order valence-electron chi connectivity index (χ1n) is 4.55. The molecule has 0 aromatic heterocycles. The third-order valence-electron chi connectivity index (χ3n) is 3.33. The second-order valence-corrected chi connectivity index (χ2v) is 3.87. The predicted octanol–water partition coefficient (Wildman–Crippen LogP) is 0.201. The van der Waals surface area contributed by atoms with Gasteiger partial charge in [0.25, 0.3) is 0 Å². The van der Waals surface area contributed by atoms with E-state index in [1.54, 1.807) is 6.92 Å². The number of nitrogens with one attached hydrogen (secondary N) is 1. The lowest BCUT2D eigenvalue weighted by Crippen LogP contribution is -2.43. The van der Waals surface area contributed by atoms with Gasteiger partial charge in [-0.15, -0.1) is 0 Å². The fourth-order valence-corrected chi connectivity index (χ4v) is 2.39. The molecule has 3 heteroatoms. The predicted molar refractivity (Wildman–Crippen MR) is 44.9 cm³/mol. The molecule has 2 saturated heterocycles. The minimum atomic E-state index is -0.0851. The lowest BCUT2D eigenvalue weighted by atomic mass is 9.72. The van der Waals surface area contributed by atoms with Crippen LogP contribution in [0.5, 0.6) is 0 Å². The molecule has 2 aliphatic heterocycles. The van der Waals surface area contributed by atoms with Gasteiger partial charge in [-0.3, -0.25) is 4.79 Å². The Morgan fingerprint density at radius 1 is 1.67 bits per heavy atom. The maximum Gasteiger partial charge on any atom is 0.137 e. The highest BCUT2D eigenvalue weighted by atomic mass is 16.5. The summed E-state index contributed by atoms with van der Waals surface area (Å²) in [7, 11) is 0. The van der Waals surface area contributed by atoms with Crippen molar-refractivity contribution >= 4 is 5.78 Å². The van der Waals surface area contributed by atoms with Crippen LogP contribution in [-0.4, -0.2) is 32.1 Å². The summed E-state index contributed by atoms with van der Waals surface area (Å²) in [5.41, 5.74) is -0.0851. The number of ether oxygens (including phenoxy) is 1. The van der Waals surface area contributed by atoms with E-state index in [9.17, 15) is 4.79 Å². The summed E-state index contributed by atoms with van der Waals surface area (Å²) in [6, 6.07) is 0. The Hall–Kier alpha value is -0.410. The minimum absolute atomic E-state index is 0.0851. The lowest BCUT2D eigenvalue weighted by Gasteiger charge is -2.36. The van der Waals surface area contributed by atoms with E-state index in [1.165, 1.54) is 0 Å². The van der Waals surface area contributed by atoms with Crippen LogP contribution in [0.25, 0.3) is 0 Å². The average Bonchev–Trinajstić information content (AvgIpc) is 2.48. The SMILES string of the molecule is CC(=O)C12CCOCC1CNC2. The van der Waals surface area contributed by atoms with Crippen molar-refractivity contribution in [2.45, 2.75) is 13.3 Å². The smallest absolute Gasteiger partial charge is 0.137 e. The molecular formula is C9H15NO2. The average molecular weight is 169 g/mol. The molecule has 0 radical (unpaired) electrons. The number of carbonyl (C=O) groups is 1. The Balaban J connectivity index is 2.23. The number of fused-ring (bicyclic) bond motifs is 1. The molecule has 2 aliphatic rings. The highest BCUT2D eigenvalue weighted by Crippen LogP contribution is 2.39. The molecule has 2 atom stereocenters. The van der Waals surface area contributed by atoms with Crippen LogP contribution < -0.4 is 5.32 Å². The van der Waals surface area contributed by atoms with Crippen LogP contribution in [0.3, 0.4) is 0 Å². The van der Waals surface area contributed by atoms with E-state index in [0.29, 0.717) is 11.7 Å².